The molecule has 2 heterocycles. The lowest BCUT2D eigenvalue weighted by Gasteiger charge is -2.04. The summed E-state index contributed by atoms with van der Waals surface area (Å²) in [6, 6.07) is 11.3. The van der Waals surface area contributed by atoms with Crippen LogP contribution in [0, 0.1) is 6.92 Å². The predicted octanol–water partition coefficient (Wildman–Crippen LogP) is 4.34. The van der Waals surface area contributed by atoms with Crippen molar-refractivity contribution in [3.63, 3.8) is 0 Å². The molecule has 0 fully saturated rings. The number of rotatable bonds is 8. The van der Waals surface area contributed by atoms with Crippen LogP contribution in [-0.4, -0.2) is 30.5 Å². The zero-order valence-electron chi connectivity index (χ0n) is 15.7. The van der Waals surface area contributed by atoms with Crippen LogP contribution in [0.25, 0.3) is 11.3 Å². The summed E-state index contributed by atoms with van der Waals surface area (Å²) < 4.78 is 5.18. The van der Waals surface area contributed by atoms with Crippen LogP contribution in [-0.2, 0) is 4.79 Å². The van der Waals surface area contributed by atoms with Gasteiger partial charge in [-0.25, -0.2) is 4.98 Å². The highest BCUT2D eigenvalue weighted by atomic mass is 32.1. The second-order valence-corrected chi connectivity index (χ2v) is 8.19. The zero-order chi connectivity index (χ0) is 19.9. The number of thiophene rings is 1. The first-order valence-electron chi connectivity index (χ1n) is 8.80. The Labute approximate surface area is 171 Å². The van der Waals surface area contributed by atoms with Gasteiger partial charge in [0.2, 0.25) is 5.91 Å². The van der Waals surface area contributed by atoms with E-state index in [-0.39, 0.29) is 11.8 Å². The second kappa shape index (κ2) is 9.48. The van der Waals surface area contributed by atoms with Crippen LogP contribution in [0.15, 0.2) is 41.8 Å². The summed E-state index contributed by atoms with van der Waals surface area (Å²) in [6.45, 7) is 2.44. The summed E-state index contributed by atoms with van der Waals surface area (Å²) in [7, 11) is 1.63. The Morgan fingerprint density at radius 3 is 2.64 bits per heavy atom. The van der Waals surface area contributed by atoms with Gasteiger partial charge >= 0.3 is 0 Å². The molecule has 0 unspecified atom stereocenters. The summed E-state index contributed by atoms with van der Waals surface area (Å²) in [5.74, 6) is 0.576. The van der Waals surface area contributed by atoms with Crippen LogP contribution in [0.2, 0.25) is 0 Å². The average molecular weight is 416 g/mol. The van der Waals surface area contributed by atoms with Crippen molar-refractivity contribution in [1.29, 1.82) is 0 Å². The molecule has 0 aliphatic rings. The van der Waals surface area contributed by atoms with Crippen LogP contribution in [0.1, 0.15) is 27.4 Å². The zero-order valence-corrected chi connectivity index (χ0v) is 17.3. The molecule has 0 saturated carbocycles. The molecule has 0 aliphatic heterocycles. The molecular weight excluding hydrogens is 394 g/mol. The Morgan fingerprint density at radius 1 is 1.18 bits per heavy atom. The van der Waals surface area contributed by atoms with Gasteiger partial charge in [-0.2, -0.15) is 0 Å². The Morgan fingerprint density at radius 2 is 1.96 bits per heavy atom. The Hall–Kier alpha value is -2.71. The normalized spacial score (nSPS) is 10.5. The third-order valence-electron chi connectivity index (χ3n) is 4.02. The molecule has 2 amide bonds. The first-order valence-corrected chi connectivity index (χ1v) is 10.5. The average Bonchev–Trinajstić information content (AvgIpc) is 3.35. The van der Waals surface area contributed by atoms with Crippen LogP contribution >= 0.6 is 22.7 Å². The quantitative estimate of drug-likeness (QED) is 0.537. The van der Waals surface area contributed by atoms with Gasteiger partial charge in [-0.3, -0.25) is 9.59 Å². The number of hydrogen-bond donors (Lipinski definition) is 2. The summed E-state index contributed by atoms with van der Waals surface area (Å²) >= 11 is 2.84. The van der Waals surface area contributed by atoms with Gasteiger partial charge in [0.05, 0.1) is 17.7 Å². The van der Waals surface area contributed by atoms with Crippen molar-refractivity contribution < 1.29 is 14.3 Å². The molecular formula is C20H21N3O3S2. The van der Waals surface area contributed by atoms with E-state index in [9.17, 15) is 9.59 Å². The summed E-state index contributed by atoms with van der Waals surface area (Å²) in [5.41, 5.74) is 1.83. The SMILES string of the molecule is COc1ccc(-c2nc(NC(=O)CCCNC(=O)c3cccs3)sc2C)cc1. The van der Waals surface area contributed by atoms with Crippen LogP contribution in [0.5, 0.6) is 5.75 Å². The van der Waals surface area contributed by atoms with E-state index in [1.165, 1.54) is 22.7 Å². The fraction of sp³-hybridized carbons (Fsp3) is 0.250. The van der Waals surface area contributed by atoms with Crippen molar-refractivity contribution in [1.82, 2.24) is 10.3 Å². The highest BCUT2D eigenvalue weighted by molar-refractivity contribution is 7.16. The van der Waals surface area contributed by atoms with Gasteiger partial charge in [-0.05, 0) is 49.1 Å². The van der Waals surface area contributed by atoms with E-state index in [0.717, 1.165) is 21.9 Å². The number of thiazole rings is 1. The van der Waals surface area contributed by atoms with E-state index in [1.807, 2.05) is 42.6 Å². The van der Waals surface area contributed by atoms with Gasteiger partial charge in [-0.1, -0.05) is 6.07 Å². The lowest BCUT2D eigenvalue weighted by Crippen LogP contribution is -2.24. The number of hydrogen-bond acceptors (Lipinski definition) is 6. The third-order valence-corrected chi connectivity index (χ3v) is 5.77. The number of anilines is 1. The smallest absolute Gasteiger partial charge is 0.261 e. The first kappa shape index (κ1) is 20.0. The van der Waals surface area contributed by atoms with Gasteiger partial charge in [0.25, 0.3) is 5.91 Å². The topological polar surface area (TPSA) is 80.3 Å². The van der Waals surface area contributed by atoms with E-state index in [2.05, 4.69) is 15.6 Å². The molecule has 8 heteroatoms. The molecule has 0 bridgehead atoms. The van der Waals surface area contributed by atoms with Crippen molar-refractivity contribution in [2.75, 3.05) is 19.0 Å². The van der Waals surface area contributed by atoms with Crippen molar-refractivity contribution in [2.24, 2.45) is 0 Å². The fourth-order valence-electron chi connectivity index (χ4n) is 2.59. The molecule has 1 aromatic carbocycles. The van der Waals surface area contributed by atoms with E-state index in [1.54, 1.807) is 13.2 Å². The number of ether oxygens (including phenoxy) is 1. The molecule has 146 valence electrons. The van der Waals surface area contributed by atoms with Crippen molar-refractivity contribution in [3.8, 4) is 17.0 Å². The largest absolute Gasteiger partial charge is 0.497 e. The van der Waals surface area contributed by atoms with E-state index >= 15 is 0 Å². The van der Waals surface area contributed by atoms with Crippen LogP contribution in [0.4, 0.5) is 5.13 Å². The lowest BCUT2D eigenvalue weighted by molar-refractivity contribution is -0.116. The Balaban J connectivity index is 1.48. The first-order chi connectivity index (χ1) is 13.6. The maximum atomic E-state index is 12.2. The highest BCUT2D eigenvalue weighted by Crippen LogP contribution is 2.31. The van der Waals surface area contributed by atoms with E-state index in [4.69, 9.17) is 4.74 Å². The van der Waals surface area contributed by atoms with Crippen LogP contribution in [0.3, 0.4) is 0 Å². The molecule has 28 heavy (non-hydrogen) atoms. The van der Waals surface area contributed by atoms with Gasteiger partial charge in [0, 0.05) is 23.4 Å². The number of methoxy groups -OCH3 is 1. The number of aryl methyl sites for hydroxylation is 1. The minimum absolute atomic E-state index is 0.102. The molecule has 0 saturated heterocycles. The monoisotopic (exact) mass is 415 g/mol. The lowest BCUT2D eigenvalue weighted by atomic mass is 10.1. The molecule has 0 aliphatic carbocycles. The number of nitrogens with one attached hydrogen (secondary N) is 2. The highest BCUT2D eigenvalue weighted by Gasteiger charge is 2.12. The van der Waals surface area contributed by atoms with Crippen molar-refractivity contribution in [2.45, 2.75) is 19.8 Å². The molecule has 0 spiro atoms. The van der Waals surface area contributed by atoms with Gasteiger partial charge in [0.15, 0.2) is 5.13 Å². The summed E-state index contributed by atoms with van der Waals surface area (Å²) in [4.78, 5) is 30.2. The van der Waals surface area contributed by atoms with E-state index in [0.29, 0.717) is 29.4 Å². The summed E-state index contributed by atoms with van der Waals surface area (Å²) in [6.07, 6.45) is 0.889. The van der Waals surface area contributed by atoms with Gasteiger partial charge in [-0.15, -0.1) is 22.7 Å². The molecule has 3 aromatic rings. The standard InChI is InChI=1S/C20H21N3O3S2/c1-13-18(14-7-9-15(26-2)10-8-14)23-20(28-13)22-17(24)6-3-11-21-19(25)16-5-4-12-27-16/h4-5,7-10,12H,3,6,11H2,1-2H3,(H,21,25)(H,22,23,24). The van der Waals surface area contributed by atoms with E-state index < -0.39 is 0 Å². The minimum Gasteiger partial charge on any atom is -0.497 e. The molecule has 0 radical (unpaired) electrons. The molecule has 2 N–H and O–H groups in total. The van der Waals surface area contributed by atoms with Gasteiger partial charge in [0.1, 0.15) is 5.75 Å². The molecule has 2 aromatic heterocycles. The summed E-state index contributed by atoms with van der Waals surface area (Å²) in [5, 5.41) is 8.10. The number of carbonyl (C=O) groups is 2. The second-order valence-electron chi connectivity index (χ2n) is 6.04. The molecule has 6 nitrogen and oxygen atoms in total. The number of carbonyl (C=O) groups excluding carboxylic acids is 2. The Bertz CT molecular complexity index is 934. The third kappa shape index (κ3) is 5.17. The fourth-order valence-corrected chi connectivity index (χ4v) is 4.09. The molecule has 0 atom stereocenters. The molecule has 3 rings (SSSR count). The van der Waals surface area contributed by atoms with Crippen LogP contribution < -0.4 is 15.4 Å². The predicted molar refractivity (Wildman–Crippen MR) is 113 cm³/mol. The van der Waals surface area contributed by atoms with Crippen molar-refractivity contribution >= 4 is 39.6 Å². The maximum Gasteiger partial charge on any atom is 0.261 e. The Kier molecular flexibility index (Phi) is 6.78. The minimum atomic E-state index is -0.111. The van der Waals surface area contributed by atoms with Crippen molar-refractivity contribution in [3.05, 3.63) is 51.5 Å². The number of amides is 2. The maximum absolute atomic E-state index is 12.2. The number of benzene rings is 1. The number of nitrogens with zero attached hydrogens (tertiary/aromatic N) is 1. The number of aromatic nitrogens is 1. The van der Waals surface area contributed by atoms with Gasteiger partial charge < -0.3 is 15.4 Å².